The molecule has 7 nitrogen and oxygen atoms in total. The Morgan fingerprint density at radius 3 is 2.85 bits per heavy atom. The lowest BCUT2D eigenvalue weighted by molar-refractivity contribution is 0.0704. The molecular formula is C19H22N4O3. The maximum absolute atomic E-state index is 13.0. The molecule has 2 N–H and O–H groups in total. The molecule has 2 aliphatic rings. The molecule has 4 rings (SSSR count). The smallest absolute Gasteiger partial charge is 0.261 e. The largest absolute Gasteiger partial charge is 0.338 e. The highest BCUT2D eigenvalue weighted by Crippen LogP contribution is 2.26. The van der Waals surface area contributed by atoms with Gasteiger partial charge in [-0.25, -0.2) is 4.98 Å². The number of H-pyrrole nitrogens is 2. The number of aryl methyl sites for hydroxylation is 2. The van der Waals surface area contributed by atoms with E-state index in [1.807, 2.05) is 0 Å². The summed E-state index contributed by atoms with van der Waals surface area (Å²) in [5, 5.41) is 0. The number of aromatic nitrogens is 3. The van der Waals surface area contributed by atoms with Gasteiger partial charge in [-0.1, -0.05) is 0 Å². The quantitative estimate of drug-likeness (QED) is 0.850. The summed E-state index contributed by atoms with van der Waals surface area (Å²) in [6.45, 7) is 1.10. The molecule has 136 valence electrons. The second kappa shape index (κ2) is 6.90. The van der Waals surface area contributed by atoms with Crippen LogP contribution in [-0.4, -0.2) is 38.8 Å². The Hall–Kier alpha value is -2.70. The topological polar surface area (TPSA) is 98.9 Å². The van der Waals surface area contributed by atoms with Gasteiger partial charge in [0.1, 0.15) is 5.56 Å². The van der Waals surface area contributed by atoms with E-state index in [4.69, 9.17) is 0 Å². The number of carbonyl (C=O) groups is 1. The predicted molar refractivity (Wildman–Crippen MR) is 96.4 cm³/mol. The highest BCUT2D eigenvalue weighted by Gasteiger charge is 2.28. The minimum atomic E-state index is -0.299. The summed E-state index contributed by atoms with van der Waals surface area (Å²) in [6.07, 6.45) is 7.05. The lowest BCUT2D eigenvalue weighted by atomic mass is 9.93. The average Bonchev–Trinajstić information content (AvgIpc) is 2.67. The Balaban J connectivity index is 1.58. The van der Waals surface area contributed by atoms with Crippen LogP contribution in [0.3, 0.4) is 0 Å². The summed E-state index contributed by atoms with van der Waals surface area (Å²) < 4.78 is 0. The first kappa shape index (κ1) is 16.8. The molecule has 1 aliphatic carbocycles. The number of aromatic amines is 2. The third kappa shape index (κ3) is 3.21. The van der Waals surface area contributed by atoms with Crippen LogP contribution in [0.25, 0.3) is 0 Å². The molecule has 0 aromatic carbocycles. The SMILES string of the molecule is O=C(c1cc2c([nH]c1=O)CCCC2)N1CCC[C@@H](c2cc(=O)[nH]cn2)C1. The van der Waals surface area contributed by atoms with Crippen molar-refractivity contribution >= 4 is 5.91 Å². The van der Waals surface area contributed by atoms with Crippen LogP contribution in [0.2, 0.25) is 0 Å². The van der Waals surface area contributed by atoms with E-state index in [-0.39, 0.29) is 28.5 Å². The predicted octanol–water partition coefficient (Wildman–Crippen LogP) is 1.36. The number of nitrogens with one attached hydrogen (secondary N) is 2. The van der Waals surface area contributed by atoms with Crippen LogP contribution in [0.15, 0.2) is 28.0 Å². The van der Waals surface area contributed by atoms with Gasteiger partial charge in [0.25, 0.3) is 17.0 Å². The number of nitrogens with zero attached hydrogens (tertiary/aromatic N) is 2. The van der Waals surface area contributed by atoms with Gasteiger partial charge in [0.05, 0.1) is 12.0 Å². The number of rotatable bonds is 2. The molecule has 0 bridgehead atoms. The van der Waals surface area contributed by atoms with Crippen LogP contribution in [0.4, 0.5) is 0 Å². The maximum Gasteiger partial charge on any atom is 0.261 e. The highest BCUT2D eigenvalue weighted by atomic mass is 16.2. The van der Waals surface area contributed by atoms with Crippen molar-refractivity contribution in [2.45, 2.75) is 44.4 Å². The van der Waals surface area contributed by atoms with Gasteiger partial charge in [-0.15, -0.1) is 0 Å². The van der Waals surface area contributed by atoms with Crippen molar-refractivity contribution in [2.75, 3.05) is 13.1 Å². The molecule has 0 unspecified atom stereocenters. The van der Waals surface area contributed by atoms with Crippen LogP contribution in [0, 0.1) is 0 Å². The second-order valence-corrected chi connectivity index (χ2v) is 7.15. The van der Waals surface area contributed by atoms with Crippen LogP contribution in [0.5, 0.6) is 0 Å². The molecule has 1 aliphatic heterocycles. The molecule has 0 radical (unpaired) electrons. The van der Waals surface area contributed by atoms with Crippen molar-refractivity contribution < 1.29 is 4.79 Å². The van der Waals surface area contributed by atoms with E-state index in [1.165, 1.54) is 12.4 Å². The molecule has 1 amide bonds. The normalized spacial score (nSPS) is 19.8. The number of likely N-dealkylation sites (tertiary alicyclic amines) is 1. The van der Waals surface area contributed by atoms with Crippen molar-refractivity contribution in [3.63, 3.8) is 0 Å². The molecule has 2 aromatic rings. The second-order valence-electron chi connectivity index (χ2n) is 7.15. The van der Waals surface area contributed by atoms with E-state index >= 15 is 0 Å². The number of amides is 1. The summed E-state index contributed by atoms with van der Waals surface area (Å²) in [4.78, 5) is 48.3. The van der Waals surface area contributed by atoms with E-state index in [0.29, 0.717) is 18.8 Å². The van der Waals surface area contributed by atoms with Crippen molar-refractivity contribution in [3.8, 4) is 0 Å². The van der Waals surface area contributed by atoms with Crippen molar-refractivity contribution in [1.82, 2.24) is 19.9 Å². The zero-order chi connectivity index (χ0) is 18.1. The first-order valence-electron chi connectivity index (χ1n) is 9.21. The van der Waals surface area contributed by atoms with Gasteiger partial charge in [-0.3, -0.25) is 14.4 Å². The molecule has 1 saturated heterocycles. The van der Waals surface area contributed by atoms with Crippen LogP contribution < -0.4 is 11.1 Å². The molecule has 1 atom stereocenters. The average molecular weight is 354 g/mol. The summed E-state index contributed by atoms with van der Waals surface area (Å²) in [6, 6.07) is 3.27. The van der Waals surface area contributed by atoms with Crippen molar-refractivity contribution in [1.29, 1.82) is 0 Å². The number of hydrogen-bond acceptors (Lipinski definition) is 4. The standard InChI is InChI=1S/C19H22N4O3/c24-17-9-16(20-11-21-17)13-5-3-7-23(10-13)19(26)14-8-12-4-1-2-6-15(12)22-18(14)25/h8-9,11,13H,1-7,10H2,(H,22,25)(H,20,21,24)/t13-/m1/s1. The fraction of sp³-hybridized carbons (Fsp3) is 0.474. The third-order valence-corrected chi connectivity index (χ3v) is 5.39. The molecular weight excluding hydrogens is 332 g/mol. The molecule has 26 heavy (non-hydrogen) atoms. The summed E-state index contributed by atoms with van der Waals surface area (Å²) in [5.74, 6) is -0.208. The van der Waals surface area contributed by atoms with Gasteiger partial charge < -0.3 is 14.9 Å². The fourth-order valence-electron chi connectivity index (χ4n) is 4.01. The van der Waals surface area contributed by atoms with E-state index in [9.17, 15) is 14.4 Å². The monoisotopic (exact) mass is 354 g/mol. The van der Waals surface area contributed by atoms with Gasteiger partial charge in [0, 0.05) is 30.8 Å². The molecule has 0 saturated carbocycles. The van der Waals surface area contributed by atoms with E-state index in [2.05, 4.69) is 15.0 Å². The third-order valence-electron chi connectivity index (χ3n) is 5.39. The number of hydrogen-bond donors (Lipinski definition) is 2. The molecule has 7 heteroatoms. The van der Waals surface area contributed by atoms with E-state index in [1.54, 1.807) is 11.0 Å². The first-order valence-corrected chi connectivity index (χ1v) is 9.21. The first-order chi connectivity index (χ1) is 12.6. The van der Waals surface area contributed by atoms with Gasteiger partial charge in [-0.2, -0.15) is 0 Å². The minimum Gasteiger partial charge on any atom is -0.338 e. The zero-order valence-corrected chi connectivity index (χ0v) is 14.6. The Labute approximate surface area is 150 Å². The fourth-order valence-corrected chi connectivity index (χ4v) is 4.01. The lowest BCUT2D eigenvalue weighted by Crippen LogP contribution is -2.41. The summed E-state index contributed by atoms with van der Waals surface area (Å²) >= 11 is 0. The summed E-state index contributed by atoms with van der Waals surface area (Å²) in [7, 11) is 0. The zero-order valence-electron chi connectivity index (χ0n) is 14.6. The van der Waals surface area contributed by atoms with E-state index in [0.717, 1.165) is 49.8 Å². The van der Waals surface area contributed by atoms with Crippen LogP contribution in [-0.2, 0) is 12.8 Å². The van der Waals surface area contributed by atoms with Crippen molar-refractivity contribution in [2.24, 2.45) is 0 Å². The summed E-state index contributed by atoms with van der Waals surface area (Å²) in [5.41, 5.74) is 2.50. The van der Waals surface area contributed by atoms with Crippen LogP contribution >= 0.6 is 0 Å². The van der Waals surface area contributed by atoms with Crippen LogP contribution in [0.1, 0.15) is 58.9 Å². The molecule has 1 fully saturated rings. The number of fused-ring (bicyclic) bond motifs is 1. The molecule has 3 heterocycles. The van der Waals surface area contributed by atoms with Gasteiger partial charge in [0.15, 0.2) is 0 Å². The van der Waals surface area contributed by atoms with Crippen molar-refractivity contribution in [3.05, 3.63) is 61.7 Å². The Kier molecular flexibility index (Phi) is 4.44. The minimum absolute atomic E-state index is 0.0201. The Bertz CT molecular complexity index is 946. The number of pyridine rings is 1. The maximum atomic E-state index is 13.0. The molecule has 0 spiro atoms. The number of piperidine rings is 1. The van der Waals surface area contributed by atoms with Gasteiger partial charge in [-0.05, 0) is 50.2 Å². The Morgan fingerprint density at radius 1 is 1.15 bits per heavy atom. The molecule has 2 aromatic heterocycles. The van der Waals surface area contributed by atoms with Gasteiger partial charge >= 0.3 is 0 Å². The number of carbonyl (C=O) groups excluding carboxylic acids is 1. The van der Waals surface area contributed by atoms with E-state index < -0.39 is 0 Å². The Morgan fingerprint density at radius 2 is 2.00 bits per heavy atom. The lowest BCUT2D eigenvalue weighted by Gasteiger charge is -2.32. The highest BCUT2D eigenvalue weighted by molar-refractivity contribution is 5.94. The van der Waals surface area contributed by atoms with Gasteiger partial charge in [0.2, 0.25) is 0 Å².